The fourth-order valence-corrected chi connectivity index (χ4v) is 5.58. The molecule has 2 amide bonds. The fourth-order valence-electron chi connectivity index (χ4n) is 4.42. The molecule has 220 valence electrons. The SMILES string of the molecule is CC[C@H](C)NC(=O)[C@@H](Cc1ccccc1)N(Cc1ccccc1Cl)C(=O)CCCN(c1ccc(F)cc1)S(C)(=O)=O. The molecule has 7 nitrogen and oxygen atoms in total. The van der Waals surface area contributed by atoms with Gasteiger partial charge < -0.3 is 10.2 Å². The minimum absolute atomic E-state index is 0.0125. The average molecular weight is 602 g/mol. The molecule has 0 aromatic heterocycles. The number of carbonyl (C=O) groups excluding carboxylic acids is 2. The van der Waals surface area contributed by atoms with Crippen molar-refractivity contribution in [2.75, 3.05) is 17.1 Å². The number of nitrogens with one attached hydrogen (secondary N) is 1. The van der Waals surface area contributed by atoms with Crippen LogP contribution in [0.15, 0.2) is 78.9 Å². The summed E-state index contributed by atoms with van der Waals surface area (Å²) in [5.41, 5.74) is 1.90. The molecule has 0 saturated heterocycles. The first-order chi connectivity index (χ1) is 19.5. The highest BCUT2D eigenvalue weighted by Gasteiger charge is 2.31. The molecule has 0 saturated carbocycles. The molecule has 0 radical (unpaired) electrons. The Labute approximate surface area is 247 Å². The number of hydrogen-bond acceptors (Lipinski definition) is 4. The summed E-state index contributed by atoms with van der Waals surface area (Å²) in [7, 11) is -3.69. The summed E-state index contributed by atoms with van der Waals surface area (Å²) in [5.74, 6) is -1.06. The molecule has 3 rings (SSSR count). The Hall–Kier alpha value is -3.43. The molecule has 0 aliphatic carbocycles. The summed E-state index contributed by atoms with van der Waals surface area (Å²) in [6.45, 7) is 4.00. The number of carbonyl (C=O) groups is 2. The van der Waals surface area contributed by atoms with Crippen molar-refractivity contribution in [3.05, 3.63) is 101 Å². The maximum atomic E-state index is 13.8. The second-order valence-corrected chi connectivity index (χ2v) is 12.4. The quantitative estimate of drug-likeness (QED) is 0.261. The summed E-state index contributed by atoms with van der Waals surface area (Å²) in [5, 5.41) is 3.50. The van der Waals surface area contributed by atoms with Crippen molar-refractivity contribution in [3.8, 4) is 0 Å². The summed E-state index contributed by atoms with van der Waals surface area (Å²) in [6.07, 6.45) is 2.27. The van der Waals surface area contributed by atoms with Gasteiger partial charge in [0, 0.05) is 37.0 Å². The fraction of sp³-hybridized carbons (Fsp3) is 0.355. The normalized spacial score (nSPS) is 12.8. The summed E-state index contributed by atoms with van der Waals surface area (Å²) in [4.78, 5) is 29.0. The number of sulfonamides is 1. The highest BCUT2D eigenvalue weighted by atomic mass is 35.5. The van der Waals surface area contributed by atoms with Crippen LogP contribution in [0.2, 0.25) is 5.02 Å². The van der Waals surface area contributed by atoms with Gasteiger partial charge in [0.2, 0.25) is 21.8 Å². The number of hydrogen-bond donors (Lipinski definition) is 1. The topological polar surface area (TPSA) is 86.8 Å². The first-order valence-electron chi connectivity index (χ1n) is 13.6. The van der Waals surface area contributed by atoms with Crippen molar-refractivity contribution in [1.82, 2.24) is 10.2 Å². The number of halogens is 2. The van der Waals surface area contributed by atoms with Crippen molar-refractivity contribution in [2.45, 2.75) is 58.2 Å². The van der Waals surface area contributed by atoms with Crippen molar-refractivity contribution < 1.29 is 22.4 Å². The first-order valence-corrected chi connectivity index (χ1v) is 15.8. The molecule has 0 aliphatic rings. The van der Waals surface area contributed by atoms with Crippen LogP contribution in [-0.4, -0.2) is 50.0 Å². The molecular weight excluding hydrogens is 565 g/mol. The van der Waals surface area contributed by atoms with Gasteiger partial charge in [-0.1, -0.05) is 67.1 Å². The molecule has 0 bridgehead atoms. The summed E-state index contributed by atoms with van der Waals surface area (Å²) < 4.78 is 39.6. The Balaban J connectivity index is 1.89. The van der Waals surface area contributed by atoms with Crippen molar-refractivity contribution >= 4 is 39.1 Å². The molecule has 3 aromatic rings. The van der Waals surface area contributed by atoms with E-state index in [1.54, 1.807) is 12.1 Å². The number of anilines is 1. The third-order valence-corrected chi connectivity index (χ3v) is 8.40. The Kier molecular flexibility index (Phi) is 11.7. The van der Waals surface area contributed by atoms with E-state index in [4.69, 9.17) is 11.6 Å². The van der Waals surface area contributed by atoms with Gasteiger partial charge in [0.1, 0.15) is 11.9 Å². The van der Waals surface area contributed by atoms with Crippen LogP contribution in [0, 0.1) is 5.82 Å². The van der Waals surface area contributed by atoms with Crippen molar-refractivity contribution in [1.29, 1.82) is 0 Å². The van der Waals surface area contributed by atoms with Gasteiger partial charge in [-0.2, -0.15) is 0 Å². The van der Waals surface area contributed by atoms with Crippen molar-refractivity contribution in [2.24, 2.45) is 0 Å². The Morgan fingerprint density at radius 1 is 0.976 bits per heavy atom. The summed E-state index contributed by atoms with van der Waals surface area (Å²) in [6, 6.07) is 20.9. The van der Waals surface area contributed by atoms with Gasteiger partial charge in [0.15, 0.2) is 0 Å². The average Bonchev–Trinajstić information content (AvgIpc) is 2.94. The minimum Gasteiger partial charge on any atom is -0.352 e. The highest BCUT2D eigenvalue weighted by molar-refractivity contribution is 7.92. The Bertz CT molecular complexity index is 1400. The third kappa shape index (κ3) is 9.57. The van der Waals surface area contributed by atoms with E-state index in [1.807, 2.05) is 56.3 Å². The van der Waals surface area contributed by atoms with Gasteiger partial charge in [0.05, 0.1) is 11.9 Å². The minimum atomic E-state index is -3.69. The van der Waals surface area contributed by atoms with Crippen LogP contribution in [0.1, 0.15) is 44.2 Å². The molecule has 3 aromatic carbocycles. The summed E-state index contributed by atoms with van der Waals surface area (Å²) >= 11 is 6.46. The van der Waals surface area contributed by atoms with E-state index >= 15 is 0 Å². The predicted octanol–water partition coefficient (Wildman–Crippen LogP) is 5.58. The van der Waals surface area contributed by atoms with Crippen LogP contribution >= 0.6 is 11.6 Å². The predicted molar refractivity (Wildman–Crippen MR) is 162 cm³/mol. The molecule has 41 heavy (non-hydrogen) atoms. The lowest BCUT2D eigenvalue weighted by molar-refractivity contribution is -0.141. The second-order valence-electron chi connectivity index (χ2n) is 10.1. The number of nitrogens with zero attached hydrogens (tertiary/aromatic N) is 2. The monoisotopic (exact) mass is 601 g/mol. The molecule has 1 N–H and O–H groups in total. The molecule has 0 heterocycles. The lowest BCUT2D eigenvalue weighted by atomic mass is 10.0. The molecule has 10 heteroatoms. The third-order valence-electron chi connectivity index (χ3n) is 6.84. The van der Waals surface area contributed by atoms with Gasteiger partial charge in [-0.3, -0.25) is 13.9 Å². The highest BCUT2D eigenvalue weighted by Crippen LogP contribution is 2.23. The van der Waals surface area contributed by atoms with Gasteiger partial charge in [0.25, 0.3) is 0 Å². The lowest BCUT2D eigenvalue weighted by Gasteiger charge is -2.33. The number of amides is 2. The van der Waals surface area contributed by atoms with E-state index in [9.17, 15) is 22.4 Å². The van der Waals surface area contributed by atoms with Crippen molar-refractivity contribution in [3.63, 3.8) is 0 Å². The number of benzene rings is 3. The standard InChI is InChI=1S/C31H37ClFN3O4S/c1-4-23(2)34-31(38)29(21-24-11-6-5-7-12-24)35(22-25-13-8-9-14-28(25)32)30(37)15-10-20-36(41(3,39)40)27-18-16-26(33)17-19-27/h5-9,11-14,16-19,23,29H,4,10,15,20-22H2,1-3H3,(H,34,38)/t23-,29+/m0/s1. The lowest BCUT2D eigenvalue weighted by Crippen LogP contribution is -2.52. The Morgan fingerprint density at radius 3 is 2.22 bits per heavy atom. The first kappa shape index (κ1) is 32.1. The van der Waals surface area contributed by atoms with E-state index < -0.39 is 21.9 Å². The van der Waals surface area contributed by atoms with Crippen LogP contribution in [0.25, 0.3) is 0 Å². The second kappa shape index (κ2) is 15.0. The largest absolute Gasteiger partial charge is 0.352 e. The maximum absolute atomic E-state index is 13.8. The zero-order valence-corrected chi connectivity index (χ0v) is 25.2. The van der Waals surface area contributed by atoms with Gasteiger partial charge in [-0.25, -0.2) is 12.8 Å². The van der Waals surface area contributed by atoms with E-state index in [0.29, 0.717) is 22.7 Å². The van der Waals surface area contributed by atoms with Gasteiger partial charge in [-0.15, -0.1) is 0 Å². The van der Waals surface area contributed by atoms with E-state index in [1.165, 1.54) is 29.2 Å². The molecule has 0 unspecified atom stereocenters. The molecule has 2 atom stereocenters. The maximum Gasteiger partial charge on any atom is 0.243 e. The Morgan fingerprint density at radius 2 is 1.61 bits per heavy atom. The zero-order valence-electron chi connectivity index (χ0n) is 23.6. The smallest absolute Gasteiger partial charge is 0.243 e. The zero-order chi connectivity index (χ0) is 30.0. The molecule has 0 fully saturated rings. The van der Waals surface area contributed by atoms with Crippen LogP contribution in [0.4, 0.5) is 10.1 Å². The van der Waals surface area contributed by atoms with E-state index in [-0.39, 0.29) is 43.8 Å². The van der Waals surface area contributed by atoms with Gasteiger partial charge in [-0.05, 0) is 61.2 Å². The molecule has 0 spiro atoms. The van der Waals surface area contributed by atoms with Crippen LogP contribution in [-0.2, 0) is 32.6 Å². The van der Waals surface area contributed by atoms with E-state index in [2.05, 4.69) is 5.32 Å². The van der Waals surface area contributed by atoms with Crippen LogP contribution in [0.5, 0.6) is 0 Å². The molecule has 0 aliphatic heterocycles. The molecular formula is C31H37ClFN3O4S. The number of rotatable bonds is 14. The van der Waals surface area contributed by atoms with Gasteiger partial charge >= 0.3 is 0 Å². The van der Waals surface area contributed by atoms with Crippen LogP contribution in [0.3, 0.4) is 0 Å². The van der Waals surface area contributed by atoms with E-state index in [0.717, 1.165) is 22.5 Å². The van der Waals surface area contributed by atoms with Crippen LogP contribution < -0.4 is 9.62 Å².